The summed E-state index contributed by atoms with van der Waals surface area (Å²) >= 11 is 0. The number of hydrogen-bond acceptors (Lipinski definition) is 4. The molecular formula is C20H33N5O2. The van der Waals surface area contributed by atoms with E-state index >= 15 is 0 Å². The Bertz CT molecular complexity index is 858. The maximum Gasteiger partial charge on any atom is 0.329 e. The molecule has 150 valence electrons. The summed E-state index contributed by atoms with van der Waals surface area (Å²) in [5.41, 5.74) is 0.287. The van der Waals surface area contributed by atoms with E-state index in [2.05, 4.69) is 16.8 Å². The van der Waals surface area contributed by atoms with E-state index in [1.165, 1.54) is 43.1 Å². The standard InChI is InChI=1S/C20H33N5O2/c1-3-4-5-6-7-8-9-10-15-25-16-17(23(2)20(27)22-18(16)26)21-19(25)24-13-11-12-14-24/h3-15H2,1-2H3,(H,22,26,27). The van der Waals surface area contributed by atoms with E-state index in [4.69, 9.17) is 4.98 Å². The molecule has 0 radical (unpaired) electrons. The Morgan fingerprint density at radius 2 is 1.59 bits per heavy atom. The highest BCUT2D eigenvalue weighted by atomic mass is 16.2. The molecule has 0 unspecified atom stereocenters. The smallest absolute Gasteiger partial charge is 0.329 e. The molecule has 0 atom stereocenters. The maximum absolute atomic E-state index is 12.5. The Balaban J connectivity index is 1.74. The summed E-state index contributed by atoms with van der Waals surface area (Å²) in [6.45, 7) is 4.95. The average molecular weight is 376 g/mol. The quantitative estimate of drug-likeness (QED) is 0.647. The topological polar surface area (TPSA) is 75.9 Å². The summed E-state index contributed by atoms with van der Waals surface area (Å²) in [7, 11) is 1.67. The van der Waals surface area contributed by atoms with Gasteiger partial charge in [0.05, 0.1) is 0 Å². The van der Waals surface area contributed by atoms with E-state index in [-0.39, 0.29) is 5.56 Å². The van der Waals surface area contributed by atoms with E-state index in [1.807, 2.05) is 4.57 Å². The number of anilines is 1. The predicted molar refractivity (Wildman–Crippen MR) is 110 cm³/mol. The van der Waals surface area contributed by atoms with Crippen molar-refractivity contribution in [2.45, 2.75) is 77.7 Å². The van der Waals surface area contributed by atoms with Crippen molar-refractivity contribution >= 4 is 17.1 Å². The molecule has 0 aliphatic carbocycles. The first-order valence-electron chi connectivity index (χ1n) is 10.6. The summed E-state index contributed by atoms with van der Waals surface area (Å²) in [4.78, 5) is 33.8. The molecule has 3 rings (SSSR count). The van der Waals surface area contributed by atoms with Crippen molar-refractivity contribution in [3.05, 3.63) is 20.8 Å². The third kappa shape index (κ3) is 4.45. The summed E-state index contributed by atoms with van der Waals surface area (Å²) in [6, 6.07) is 0. The van der Waals surface area contributed by atoms with E-state index in [9.17, 15) is 9.59 Å². The molecule has 0 spiro atoms. The summed E-state index contributed by atoms with van der Waals surface area (Å²) in [5.74, 6) is 0.845. The van der Waals surface area contributed by atoms with Crippen LogP contribution < -0.4 is 16.1 Å². The first kappa shape index (κ1) is 19.7. The van der Waals surface area contributed by atoms with Crippen molar-refractivity contribution in [2.75, 3.05) is 18.0 Å². The Morgan fingerprint density at radius 1 is 0.963 bits per heavy atom. The molecule has 2 aromatic rings. The summed E-state index contributed by atoms with van der Waals surface area (Å²) in [6.07, 6.45) is 12.3. The number of hydrogen-bond donors (Lipinski definition) is 1. The fraction of sp³-hybridized carbons (Fsp3) is 0.750. The van der Waals surface area contributed by atoms with Gasteiger partial charge in [-0.1, -0.05) is 51.9 Å². The monoisotopic (exact) mass is 375 g/mol. The van der Waals surface area contributed by atoms with Crippen molar-refractivity contribution in [1.82, 2.24) is 19.1 Å². The highest BCUT2D eigenvalue weighted by Crippen LogP contribution is 2.24. The van der Waals surface area contributed by atoms with Gasteiger partial charge in [-0.05, 0) is 19.3 Å². The van der Waals surface area contributed by atoms with Crippen molar-refractivity contribution in [3.8, 4) is 0 Å². The molecule has 7 heteroatoms. The lowest BCUT2D eigenvalue weighted by atomic mass is 10.1. The SMILES string of the molecule is CCCCCCCCCCn1c(N2CCCC2)nc2c1c(=O)[nH]c(=O)n2C. The Labute approximate surface area is 160 Å². The van der Waals surface area contributed by atoms with E-state index < -0.39 is 5.69 Å². The maximum atomic E-state index is 12.5. The van der Waals surface area contributed by atoms with Crippen LogP contribution in [0.4, 0.5) is 5.95 Å². The molecule has 7 nitrogen and oxygen atoms in total. The predicted octanol–water partition coefficient (Wildman–Crippen LogP) is 3.16. The third-order valence-corrected chi connectivity index (χ3v) is 5.61. The fourth-order valence-electron chi connectivity index (χ4n) is 4.00. The van der Waals surface area contributed by atoms with Crippen LogP contribution in [0.25, 0.3) is 11.2 Å². The second-order valence-corrected chi connectivity index (χ2v) is 7.72. The molecule has 1 saturated heterocycles. The minimum Gasteiger partial charge on any atom is -0.342 e. The normalized spacial score (nSPS) is 14.5. The van der Waals surface area contributed by atoms with Crippen LogP contribution in [0.2, 0.25) is 0 Å². The van der Waals surface area contributed by atoms with E-state index in [0.717, 1.165) is 51.3 Å². The molecule has 3 heterocycles. The lowest BCUT2D eigenvalue weighted by Crippen LogP contribution is -2.29. The molecule has 0 amide bonds. The van der Waals surface area contributed by atoms with E-state index in [0.29, 0.717) is 11.2 Å². The number of rotatable bonds is 10. The van der Waals surface area contributed by atoms with Gasteiger partial charge in [0.1, 0.15) is 0 Å². The van der Waals surface area contributed by atoms with Crippen LogP contribution >= 0.6 is 0 Å². The van der Waals surface area contributed by atoms with Crippen molar-refractivity contribution in [1.29, 1.82) is 0 Å². The molecule has 0 bridgehead atoms. The molecular weight excluding hydrogens is 342 g/mol. The molecule has 2 aromatic heterocycles. The van der Waals surface area contributed by atoms with Gasteiger partial charge in [0, 0.05) is 26.7 Å². The van der Waals surface area contributed by atoms with Crippen molar-refractivity contribution in [3.63, 3.8) is 0 Å². The Hall–Kier alpha value is -2.05. The number of nitrogens with zero attached hydrogens (tertiary/aromatic N) is 4. The van der Waals surface area contributed by atoms with Gasteiger partial charge in [-0.2, -0.15) is 4.98 Å². The first-order chi connectivity index (χ1) is 13.1. The zero-order valence-corrected chi connectivity index (χ0v) is 16.8. The number of aromatic nitrogens is 4. The number of unbranched alkanes of at least 4 members (excludes halogenated alkanes) is 7. The number of aromatic amines is 1. The highest BCUT2D eigenvalue weighted by Gasteiger charge is 2.23. The third-order valence-electron chi connectivity index (χ3n) is 5.61. The van der Waals surface area contributed by atoms with Crippen LogP contribution in [0.15, 0.2) is 9.59 Å². The number of aryl methyl sites for hydroxylation is 2. The Kier molecular flexibility index (Phi) is 6.74. The zero-order valence-electron chi connectivity index (χ0n) is 16.8. The zero-order chi connectivity index (χ0) is 19.2. The van der Waals surface area contributed by atoms with Crippen LogP contribution in [0.1, 0.15) is 71.1 Å². The average Bonchev–Trinajstić information content (AvgIpc) is 3.30. The van der Waals surface area contributed by atoms with Gasteiger partial charge >= 0.3 is 5.69 Å². The molecule has 0 saturated carbocycles. The first-order valence-corrected chi connectivity index (χ1v) is 10.6. The van der Waals surface area contributed by atoms with Gasteiger partial charge in [0.25, 0.3) is 5.56 Å². The van der Waals surface area contributed by atoms with Gasteiger partial charge in [-0.15, -0.1) is 0 Å². The van der Waals surface area contributed by atoms with Crippen LogP contribution in [0.3, 0.4) is 0 Å². The minimum atomic E-state index is -0.405. The second kappa shape index (κ2) is 9.24. The number of imidazole rings is 1. The van der Waals surface area contributed by atoms with Gasteiger partial charge < -0.3 is 9.47 Å². The summed E-state index contributed by atoms with van der Waals surface area (Å²) in [5, 5.41) is 0. The second-order valence-electron chi connectivity index (χ2n) is 7.72. The van der Waals surface area contributed by atoms with Crippen LogP contribution in [0, 0.1) is 0 Å². The van der Waals surface area contributed by atoms with Gasteiger partial charge in [0.2, 0.25) is 5.95 Å². The number of nitrogens with one attached hydrogen (secondary N) is 1. The largest absolute Gasteiger partial charge is 0.342 e. The van der Waals surface area contributed by atoms with Gasteiger partial charge in [0.15, 0.2) is 11.2 Å². The number of fused-ring (bicyclic) bond motifs is 1. The molecule has 1 aliphatic heterocycles. The molecule has 0 aromatic carbocycles. The van der Waals surface area contributed by atoms with Gasteiger partial charge in [-0.25, -0.2) is 4.79 Å². The lowest BCUT2D eigenvalue weighted by Gasteiger charge is -2.18. The minimum absolute atomic E-state index is 0.328. The van der Waals surface area contributed by atoms with Crippen molar-refractivity contribution in [2.24, 2.45) is 7.05 Å². The fourth-order valence-corrected chi connectivity index (χ4v) is 4.00. The molecule has 1 aliphatic rings. The molecule has 27 heavy (non-hydrogen) atoms. The highest BCUT2D eigenvalue weighted by molar-refractivity contribution is 5.74. The van der Waals surface area contributed by atoms with Crippen LogP contribution in [-0.2, 0) is 13.6 Å². The van der Waals surface area contributed by atoms with Crippen molar-refractivity contribution < 1.29 is 0 Å². The van der Waals surface area contributed by atoms with Crippen LogP contribution in [-0.4, -0.2) is 32.2 Å². The van der Waals surface area contributed by atoms with Crippen LogP contribution in [0.5, 0.6) is 0 Å². The summed E-state index contributed by atoms with van der Waals surface area (Å²) < 4.78 is 3.48. The Morgan fingerprint density at radius 3 is 2.26 bits per heavy atom. The van der Waals surface area contributed by atoms with Gasteiger partial charge in [-0.3, -0.25) is 14.3 Å². The lowest BCUT2D eigenvalue weighted by molar-refractivity contribution is 0.546. The molecule has 1 fully saturated rings. The van der Waals surface area contributed by atoms with E-state index in [1.54, 1.807) is 7.05 Å². The molecule has 1 N–H and O–H groups in total. The number of H-pyrrole nitrogens is 1.